The minimum Gasteiger partial charge on any atom is -0.388 e. The van der Waals surface area contributed by atoms with E-state index in [2.05, 4.69) is 4.98 Å². The van der Waals surface area contributed by atoms with Crippen LogP contribution in [0.4, 0.5) is 5.95 Å². The van der Waals surface area contributed by atoms with Gasteiger partial charge in [0.05, 0.1) is 11.7 Å². The van der Waals surface area contributed by atoms with Crippen LogP contribution in [-0.2, 0) is 12.8 Å². The van der Waals surface area contributed by atoms with Crippen molar-refractivity contribution in [1.82, 2.24) is 9.97 Å². The van der Waals surface area contributed by atoms with Gasteiger partial charge in [0.2, 0.25) is 5.95 Å². The first kappa shape index (κ1) is 13.8. The fraction of sp³-hybridized carbons (Fsp3) is 0.733. The summed E-state index contributed by atoms with van der Waals surface area (Å²) in [5.41, 5.74) is 2.55. The van der Waals surface area contributed by atoms with Gasteiger partial charge in [-0.3, -0.25) is 0 Å². The summed E-state index contributed by atoms with van der Waals surface area (Å²) in [6, 6.07) is 0. The van der Waals surface area contributed by atoms with Gasteiger partial charge in [0.1, 0.15) is 0 Å². The third-order valence-corrected chi connectivity index (χ3v) is 4.66. The van der Waals surface area contributed by atoms with Crippen molar-refractivity contribution >= 4 is 5.95 Å². The molecule has 0 bridgehead atoms. The first-order valence-corrected chi connectivity index (χ1v) is 7.49. The second kappa shape index (κ2) is 4.97. The molecule has 1 aromatic heterocycles. The van der Waals surface area contributed by atoms with Crippen LogP contribution in [-0.4, -0.2) is 45.0 Å². The number of fused-ring (bicyclic) bond motifs is 1. The van der Waals surface area contributed by atoms with Gasteiger partial charge in [-0.05, 0) is 51.5 Å². The summed E-state index contributed by atoms with van der Waals surface area (Å²) >= 11 is 0. The van der Waals surface area contributed by atoms with Crippen LogP contribution in [0.1, 0.15) is 43.1 Å². The number of rotatable bonds is 1. The summed E-state index contributed by atoms with van der Waals surface area (Å²) in [6.07, 6.45) is 4.31. The van der Waals surface area contributed by atoms with E-state index in [-0.39, 0.29) is 0 Å². The lowest BCUT2D eigenvalue weighted by molar-refractivity contribution is -0.0724. The largest absolute Gasteiger partial charge is 0.388 e. The van der Waals surface area contributed by atoms with Gasteiger partial charge in [0, 0.05) is 24.5 Å². The number of aliphatic hydroxyl groups excluding tert-OH is 1. The monoisotopic (exact) mass is 277 g/mol. The predicted molar refractivity (Wildman–Crippen MR) is 76.9 cm³/mol. The second-order valence-electron chi connectivity index (χ2n) is 6.31. The maximum atomic E-state index is 10.0. The maximum absolute atomic E-state index is 10.0. The Balaban J connectivity index is 1.86. The minimum atomic E-state index is -1.00. The molecule has 2 heterocycles. The van der Waals surface area contributed by atoms with Gasteiger partial charge >= 0.3 is 0 Å². The third-order valence-electron chi connectivity index (χ3n) is 4.66. The summed E-state index contributed by atoms with van der Waals surface area (Å²) in [7, 11) is 0. The highest BCUT2D eigenvalue weighted by molar-refractivity contribution is 5.39. The number of hydrogen-bond donors (Lipinski definition) is 2. The Morgan fingerprint density at radius 1 is 1.25 bits per heavy atom. The predicted octanol–water partition coefficient (Wildman–Crippen LogP) is 0.986. The van der Waals surface area contributed by atoms with Crippen LogP contribution >= 0.6 is 0 Å². The van der Waals surface area contributed by atoms with Crippen molar-refractivity contribution in [3.63, 3.8) is 0 Å². The van der Waals surface area contributed by atoms with Crippen LogP contribution in [0, 0.1) is 6.92 Å². The lowest BCUT2D eigenvalue weighted by Crippen LogP contribution is -2.54. The van der Waals surface area contributed by atoms with E-state index in [0.717, 1.165) is 18.5 Å². The number of anilines is 1. The average molecular weight is 277 g/mol. The van der Waals surface area contributed by atoms with Gasteiger partial charge < -0.3 is 15.1 Å². The number of aliphatic hydroxyl groups is 2. The Morgan fingerprint density at radius 2 is 2.00 bits per heavy atom. The molecule has 20 heavy (non-hydrogen) atoms. The summed E-state index contributed by atoms with van der Waals surface area (Å²) in [6.45, 7) is 4.81. The molecule has 0 radical (unpaired) electrons. The molecule has 3 rings (SSSR count). The Bertz CT molecular complexity index is 516. The first-order valence-electron chi connectivity index (χ1n) is 7.49. The van der Waals surface area contributed by atoms with Gasteiger partial charge in [0.15, 0.2) is 0 Å². The molecule has 0 saturated carbocycles. The lowest BCUT2D eigenvalue weighted by Gasteiger charge is -2.40. The molecule has 0 unspecified atom stereocenters. The fourth-order valence-corrected chi connectivity index (χ4v) is 3.11. The van der Waals surface area contributed by atoms with Crippen molar-refractivity contribution in [2.45, 2.75) is 57.7 Å². The van der Waals surface area contributed by atoms with E-state index < -0.39 is 11.7 Å². The van der Waals surface area contributed by atoms with Crippen LogP contribution in [0.25, 0.3) is 0 Å². The Labute approximate surface area is 119 Å². The molecule has 5 nitrogen and oxygen atoms in total. The topological polar surface area (TPSA) is 69.5 Å². The molecule has 2 aliphatic rings. The number of aryl methyl sites for hydroxylation is 2. The maximum Gasteiger partial charge on any atom is 0.225 e. The van der Waals surface area contributed by atoms with Gasteiger partial charge in [-0.25, -0.2) is 9.97 Å². The fourth-order valence-electron chi connectivity index (χ4n) is 3.11. The molecule has 2 N–H and O–H groups in total. The van der Waals surface area contributed by atoms with Crippen molar-refractivity contribution in [1.29, 1.82) is 0 Å². The van der Waals surface area contributed by atoms with Gasteiger partial charge in [-0.2, -0.15) is 0 Å². The summed E-state index contributed by atoms with van der Waals surface area (Å²) in [5, 5.41) is 20.1. The van der Waals surface area contributed by atoms with Crippen molar-refractivity contribution in [2.75, 3.05) is 18.0 Å². The number of nitrogens with zero attached hydrogens (tertiary/aromatic N) is 3. The van der Waals surface area contributed by atoms with Crippen molar-refractivity contribution < 1.29 is 10.2 Å². The Kier molecular flexibility index (Phi) is 3.42. The lowest BCUT2D eigenvalue weighted by atomic mass is 9.91. The second-order valence-corrected chi connectivity index (χ2v) is 6.31. The number of piperidine rings is 1. The van der Waals surface area contributed by atoms with E-state index in [0.29, 0.717) is 25.5 Å². The van der Waals surface area contributed by atoms with Gasteiger partial charge in [0.25, 0.3) is 0 Å². The molecular formula is C15H23N3O2. The third kappa shape index (κ3) is 2.40. The Morgan fingerprint density at radius 3 is 2.75 bits per heavy atom. The highest BCUT2D eigenvalue weighted by Crippen LogP contribution is 2.27. The molecule has 0 amide bonds. The van der Waals surface area contributed by atoms with Crippen LogP contribution in [0.5, 0.6) is 0 Å². The molecular weight excluding hydrogens is 254 g/mol. The Hall–Kier alpha value is -1.20. The van der Waals surface area contributed by atoms with Gasteiger partial charge in [-0.15, -0.1) is 0 Å². The molecule has 1 aliphatic carbocycles. The summed E-state index contributed by atoms with van der Waals surface area (Å²) < 4.78 is 0. The molecule has 1 aromatic rings. The zero-order valence-corrected chi connectivity index (χ0v) is 12.3. The molecule has 110 valence electrons. The number of β-amino-alcohol motifs (C(OH)–C–C–N with tert-alkyl or cyclic N) is 1. The molecule has 2 atom stereocenters. The van der Waals surface area contributed by atoms with Crippen molar-refractivity contribution in [2.24, 2.45) is 0 Å². The van der Waals surface area contributed by atoms with Crippen LogP contribution < -0.4 is 4.90 Å². The zero-order valence-electron chi connectivity index (χ0n) is 12.3. The normalized spacial score (nSPS) is 30.2. The standard InChI is InChI=1S/C15H23N3O2/c1-10-11-5-3-4-6-12(11)17-14(16-10)18-8-7-15(2,20)13(19)9-18/h13,19-20H,3-9H2,1-2H3/t13-,15+/m1/s1. The highest BCUT2D eigenvalue weighted by atomic mass is 16.3. The number of hydrogen-bond acceptors (Lipinski definition) is 5. The zero-order chi connectivity index (χ0) is 14.3. The van der Waals surface area contributed by atoms with E-state index in [1.807, 2.05) is 11.8 Å². The number of aromatic nitrogens is 2. The molecule has 1 aliphatic heterocycles. The van der Waals surface area contributed by atoms with E-state index in [1.54, 1.807) is 6.92 Å². The van der Waals surface area contributed by atoms with Crippen LogP contribution in [0.3, 0.4) is 0 Å². The van der Waals surface area contributed by atoms with E-state index in [9.17, 15) is 10.2 Å². The minimum absolute atomic E-state index is 0.394. The van der Waals surface area contributed by atoms with Crippen molar-refractivity contribution in [3.8, 4) is 0 Å². The van der Waals surface area contributed by atoms with E-state index in [1.165, 1.54) is 24.1 Å². The molecule has 0 spiro atoms. The van der Waals surface area contributed by atoms with Crippen LogP contribution in [0.2, 0.25) is 0 Å². The molecule has 1 fully saturated rings. The summed E-state index contributed by atoms with van der Waals surface area (Å²) in [4.78, 5) is 11.3. The summed E-state index contributed by atoms with van der Waals surface area (Å²) in [5.74, 6) is 0.706. The van der Waals surface area contributed by atoms with E-state index in [4.69, 9.17) is 4.98 Å². The highest BCUT2D eigenvalue weighted by Gasteiger charge is 2.37. The first-order chi connectivity index (χ1) is 9.47. The van der Waals surface area contributed by atoms with Crippen LogP contribution in [0.15, 0.2) is 0 Å². The smallest absolute Gasteiger partial charge is 0.225 e. The SMILES string of the molecule is Cc1nc(N2CC[C@](C)(O)[C@H](O)C2)nc2c1CCCC2. The average Bonchev–Trinajstić information content (AvgIpc) is 2.42. The van der Waals surface area contributed by atoms with Gasteiger partial charge in [-0.1, -0.05) is 0 Å². The van der Waals surface area contributed by atoms with E-state index >= 15 is 0 Å². The molecule has 5 heteroatoms. The molecule has 1 saturated heterocycles. The molecule has 0 aromatic carbocycles. The quantitative estimate of drug-likeness (QED) is 0.801. The van der Waals surface area contributed by atoms with Crippen molar-refractivity contribution in [3.05, 3.63) is 17.0 Å².